The molecule has 0 heterocycles. The largest absolute Gasteiger partial charge is 0.431 e. The van der Waals surface area contributed by atoms with Crippen LogP contribution in [0.15, 0.2) is 0 Å². The first kappa shape index (κ1) is 116. The molecule has 0 unspecified atom stereocenters. The second-order valence-corrected chi connectivity index (χ2v) is 65.4. The second-order valence-electron chi connectivity index (χ2n) is 48.5. The average molecular weight is 1900 g/mol. The summed E-state index contributed by atoms with van der Waals surface area (Å²) in [5.74, 6) is 0. The molecule has 0 aromatic rings. The van der Waals surface area contributed by atoms with E-state index in [0.29, 0.717) is 66.5 Å². The maximum absolute atomic E-state index is 13.2. The van der Waals surface area contributed by atoms with Gasteiger partial charge in [-0.25, -0.2) is 0 Å². The van der Waals surface area contributed by atoms with Crippen molar-refractivity contribution in [2.75, 3.05) is 0 Å². The first-order valence-corrected chi connectivity index (χ1v) is 70.9. The summed E-state index contributed by atoms with van der Waals surface area (Å²) in [5.41, 5.74) is 8.52. The van der Waals surface area contributed by atoms with Crippen LogP contribution in [0.3, 0.4) is 0 Å². The van der Waals surface area contributed by atoms with Gasteiger partial charge in [-0.15, -0.1) is 0 Å². The number of rotatable bonds is 12. The smallest absolute Gasteiger partial charge is 0.197 e. The number of hydrogen-bond donors (Lipinski definition) is 4. The van der Waals surface area contributed by atoms with Crippen LogP contribution in [0.25, 0.3) is 0 Å². The molecule has 0 aliphatic heterocycles. The van der Waals surface area contributed by atoms with Crippen LogP contribution in [-0.4, -0.2) is 52.5 Å². The van der Waals surface area contributed by atoms with Gasteiger partial charge in [-0.3, -0.25) is 0 Å². The van der Waals surface area contributed by atoms with Gasteiger partial charge >= 0.3 is 0 Å². The molecule has 4 nitrogen and oxygen atoms in total. The van der Waals surface area contributed by atoms with Gasteiger partial charge in [0.05, 0.1) is 0 Å². The minimum absolute atomic E-state index is 0. The summed E-state index contributed by atoms with van der Waals surface area (Å²) in [6, 6.07) is 0. The summed E-state index contributed by atoms with van der Waals surface area (Å²) in [5, 5.41) is 0. The third-order valence-corrected chi connectivity index (χ3v) is 61.7. The summed E-state index contributed by atoms with van der Waals surface area (Å²) < 4.78 is 0. The summed E-state index contributed by atoms with van der Waals surface area (Å²) in [7, 11) is -9.31. The Morgan fingerprint density at radius 3 is 0.163 bits per heavy atom. The molecule has 0 saturated heterocycles. The third-order valence-electron chi connectivity index (χ3n) is 39.1. The Morgan fingerprint density at radius 1 is 0.0775 bits per heavy atom. The van der Waals surface area contributed by atoms with E-state index in [1.54, 1.807) is 0 Å². The van der Waals surface area contributed by atoms with Crippen molar-refractivity contribution in [2.45, 2.75) is 760 Å². The molecule has 12 saturated carbocycles. The second kappa shape index (κ2) is 74.4. The van der Waals surface area contributed by atoms with E-state index in [0.717, 1.165) is 0 Å². The van der Waals surface area contributed by atoms with Crippen LogP contribution in [0.5, 0.6) is 0 Å². The van der Waals surface area contributed by atoms with Crippen LogP contribution in [-0.2, 0) is 21.7 Å². The summed E-state index contributed by atoms with van der Waals surface area (Å²) >= 11 is 0. The van der Waals surface area contributed by atoms with E-state index in [-0.39, 0.29) is 21.7 Å². The normalized spacial score (nSPS) is 26.7. The Morgan fingerprint density at radius 2 is 0.116 bits per heavy atom. The maximum atomic E-state index is 13.2. The minimum Gasteiger partial charge on any atom is -0.431 e. The van der Waals surface area contributed by atoms with Crippen molar-refractivity contribution < 1.29 is 40.9 Å². The van der Waals surface area contributed by atoms with Gasteiger partial charge in [-0.1, -0.05) is 693 Å². The Balaban J connectivity index is 0.000000212. The molecule has 0 aromatic carbocycles. The molecule has 9 heteroatoms. The summed E-state index contributed by atoms with van der Waals surface area (Å²) in [6.07, 6.45) is 153. The summed E-state index contributed by atoms with van der Waals surface area (Å²) in [4.78, 5) is 52.6. The Labute approximate surface area is 827 Å². The Bertz CT molecular complexity index is 1820. The van der Waals surface area contributed by atoms with E-state index in [1.807, 2.05) is 0 Å². The topological polar surface area (TPSA) is 80.9 Å². The van der Waals surface area contributed by atoms with Crippen molar-refractivity contribution in [3.63, 3.8) is 0 Å². The monoisotopic (exact) mass is 1900 g/mol. The zero-order chi connectivity index (χ0) is 89.3. The fourth-order valence-corrected chi connectivity index (χ4v) is 55.3. The van der Waals surface area contributed by atoms with Crippen molar-refractivity contribution in [3.05, 3.63) is 0 Å². The van der Waals surface area contributed by atoms with E-state index in [2.05, 4.69) is 0 Å². The molecule has 12 rings (SSSR count). The van der Waals surface area contributed by atoms with Crippen molar-refractivity contribution in [1.29, 1.82) is 0 Å². The van der Waals surface area contributed by atoms with E-state index < -0.39 is 33.3 Å². The molecule has 129 heavy (non-hydrogen) atoms. The summed E-state index contributed by atoms with van der Waals surface area (Å²) in [6.45, 7) is 0. The maximum Gasteiger partial charge on any atom is 0.197 e. The SMILES string of the molecule is O[Si](C1CCCCCCCCC1)(C1CCCCCCCCC1)C1CCCCCCCCC1.O[Si](C1CCCCCCCCC1)(C1CCCCCCCCC1)C1CCCCCCCCC1.O[Si](C1CCCCCCCCC1)(C1CCCCCCCCC1)C1CCCCCCCCC1.O[Si](C1CCCCCCCCC1)(C1CCCCCCCCC1)C1CCCCCCCCC1.[Ti]. The third kappa shape index (κ3) is 44.5. The quantitative estimate of drug-likeness (QED) is 0.147. The molecule has 12 fully saturated rings. The molecule has 756 valence electrons. The predicted molar refractivity (Wildman–Crippen MR) is 576 cm³/mol. The van der Waals surface area contributed by atoms with Crippen molar-refractivity contribution in [3.8, 4) is 0 Å². The van der Waals surface area contributed by atoms with Crippen LogP contribution in [0, 0.1) is 0 Å². The molecule has 0 aromatic heterocycles. The van der Waals surface area contributed by atoms with Crippen LogP contribution < -0.4 is 0 Å². The fourth-order valence-electron chi connectivity index (χ4n) is 31.3. The molecule has 12 aliphatic rings. The van der Waals surface area contributed by atoms with E-state index in [9.17, 15) is 19.2 Å². The molecular weight excluding hydrogens is 1670 g/mol. The standard InChI is InChI=1S/4C30H58OSi.Ti/c4*31-32(28-22-16-10-4-1-5-11-17-23-28,29-24-18-12-6-2-7-13-19-25-29)30-26-20-14-8-3-9-15-21-27-30;/h4*28-31H,1-27H2;. The van der Waals surface area contributed by atoms with E-state index in [4.69, 9.17) is 0 Å². The van der Waals surface area contributed by atoms with Gasteiger partial charge in [-0.2, -0.15) is 0 Å². The predicted octanol–water partition coefficient (Wildman–Crippen LogP) is 42.4. The van der Waals surface area contributed by atoms with Crippen molar-refractivity contribution in [2.24, 2.45) is 0 Å². The van der Waals surface area contributed by atoms with Crippen LogP contribution in [0.1, 0.15) is 693 Å². The van der Waals surface area contributed by atoms with Gasteiger partial charge in [-0.05, 0) is 66.5 Å². The zero-order valence-electron chi connectivity index (χ0n) is 87.6. The van der Waals surface area contributed by atoms with Crippen LogP contribution in [0.4, 0.5) is 0 Å². The Kier molecular flexibility index (Phi) is 66.7. The molecule has 0 amide bonds. The van der Waals surface area contributed by atoms with Gasteiger partial charge in [0.2, 0.25) is 0 Å². The van der Waals surface area contributed by atoms with E-state index in [1.165, 1.54) is 693 Å². The van der Waals surface area contributed by atoms with Crippen molar-refractivity contribution in [1.82, 2.24) is 0 Å². The molecule has 0 atom stereocenters. The van der Waals surface area contributed by atoms with E-state index >= 15 is 0 Å². The molecule has 12 aliphatic carbocycles. The van der Waals surface area contributed by atoms with Gasteiger partial charge in [0.25, 0.3) is 0 Å². The molecule has 0 bridgehead atoms. The van der Waals surface area contributed by atoms with Gasteiger partial charge < -0.3 is 19.2 Å². The van der Waals surface area contributed by atoms with Gasteiger partial charge in [0.1, 0.15) is 0 Å². The molecular formula is C120H232O4Si4Ti. The molecule has 4 N–H and O–H groups in total. The molecule has 0 spiro atoms. The van der Waals surface area contributed by atoms with Gasteiger partial charge in [0, 0.05) is 21.7 Å². The first-order chi connectivity index (χ1) is 63.3. The first-order valence-electron chi connectivity index (χ1n) is 62.2. The Hall–Kier alpha value is 1.42. The average Bonchev–Trinajstić information content (AvgIpc) is 0.798. The zero-order valence-corrected chi connectivity index (χ0v) is 93.1. The molecule has 0 radical (unpaired) electrons. The van der Waals surface area contributed by atoms with Crippen LogP contribution >= 0.6 is 0 Å². The van der Waals surface area contributed by atoms with Gasteiger partial charge in [0.15, 0.2) is 33.3 Å². The minimum atomic E-state index is -2.33. The van der Waals surface area contributed by atoms with Crippen molar-refractivity contribution >= 4 is 33.3 Å². The number of hydrogen-bond acceptors (Lipinski definition) is 4. The van der Waals surface area contributed by atoms with Crippen LogP contribution in [0.2, 0.25) is 66.5 Å². The fraction of sp³-hybridized carbons (Fsp3) is 1.00.